The standard InChI is InChI=1S/C27H27N3O5/c1-17-24(26(31)29-20-10-12-21(33-2)13-11-20)25(30-27(32)28-17)19-9-14-22(23(15-19)34-3)35-16-18-7-5-4-6-8-18/h4-15,25H,16H2,1-3H3,(H,29,31)(H2,28,30,32)/t25-/m1/s1. The number of nitrogens with one attached hydrogen (secondary N) is 3. The van der Waals surface area contributed by atoms with Crippen LogP contribution in [-0.2, 0) is 11.4 Å². The molecule has 0 radical (unpaired) electrons. The highest BCUT2D eigenvalue weighted by Gasteiger charge is 2.32. The SMILES string of the molecule is COc1ccc(NC(=O)C2=C(C)NC(=O)N[C@@H]2c2ccc(OCc3ccccc3)c(OC)c2)cc1. The van der Waals surface area contributed by atoms with Gasteiger partial charge in [0.15, 0.2) is 11.5 Å². The van der Waals surface area contributed by atoms with Crippen molar-refractivity contribution >= 4 is 17.6 Å². The molecule has 8 nitrogen and oxygen atoms in total. The van der Waals surface area contributed by atoms with Gasteiger partial charge in [-0.1, -0.05) is 36.4 Å². The Labute approximate surface area is 203 Å². The molecular formula is C27H27N3O5. The van der Waals surface area contributed by atoms with E-state index in [0.717, 1.165) is 5.56 Å². The van der Waals surface area contributed by atoms with Crippen LogP contribution in [0.4, 0.5) is 10.5 Å². The monoisotopic (exact) mass is 473 g/mol. The van der Waals surface area contributed by atoms with Gasteiger partial charge in [-0.05, 0) is 54.4 Å². The van der Waals surface area contributed by atoms with Crippen LogP contribution < -0.4 is 30.2 Å². The highest BCUT2D eigenvalue weighted by molar-refractivity contribution is 6.06. The van der Waals surface area contributed by atoms with E-state index in [1.54, 1.807) is 57.5 Å². The van der Waals surface area contributed by atoms with Crippen LogP contribution in [0.15, 0.2) is 84.1 Å². The molecule has 0 aliphatic carbocycles. The van der Waals surface area contributed by atoms with E-state index in [9.17, 15) is 9.59 Å². The van der Waals surface area contributed by atoms with E-state index >= 15 is 0 Å². The molecule has 35 heavy (non-hydrogen) atoms. The number of carbonyl (C=O) groups is 2. The first-order valence-corrected chi connectivity index (χ1v) is 11.1. The number of urea groups is 1. The largest absolute Gasteiger partial charge is 0.497 e. The molecule has 1 aliphatic heterocycles. The van der Waals surface area contributed by atoms with Crippen molar-refractivity contribution in [2.75, 3.05) is 19.5 Å². The number of carbonyl (C=O) groups excluding carboxylic acids is 2. The molecule has 1 heterocycles. The highest BCUT2D eigenvalue weighted by atomic mass is 16.5. The smallest absolute Gasteiger partial charge is 0.319 e. The Morgan fingerprint density at radius 2 is 1.69 bits per heavy atom. The minimum atomic E-state index is -0.681. The predicted molar refractivity (Wildman–Crippen MR) is 133 cm³/mol. The lowest BCUT2D eigenvalue weighted by molar-refractivity contribution is -0.113. The van der Waals surface area contributed by atoms with Crippen LogP contribution in [0.3, 0.4) is 0 Å². The van der Waals surface area contributed by atoms with Crippen molar-refractivity contribution in [1.29, 1.82) is 0 Å². The third-order valence-electron chi connectivity index (χ3n) is 5.62. The van der Waals surface area contributed by atoms with Crippen molar-refractivity contribution in [3.63, 3.8) is 0 Å². The molecule has 1 atom stereocenters. The van der Waals surface area contributed by atoms with Crippen LogP contribution in [0.1, 0.15) is 24.1 Å². The van der Waals surface area contributed by atoms with Crippen molar-refractivity contribution in [1.82, 2.24) is 10.6 Å². The molecule has 0 saturated carbocycles. The first-order valence-electron chi connectivity index (χ1n) is 11.1. The summed E-state index contributed by atoms with van der Waals surface area (Å²) in [7, 11) is 3.13. The average Bonchev–Trinajstić information content (AvgIpc) is 2.87. The first kappa shape index (κ1) is 23.7. The van der Waals surface area contributed by atoms with E-state index in [1.807, 2.05) is 36.4 Å². The summed E-state index contributed by atoms with van der Waals surface area (Å²) in [5, 5.41) is 8.41. The second-order valence-electron chi connectivity index (χ2n) is 7.94. The number of allylic oxidation sites excluding steroid dienone is 1. The highest BCUT2D eigenvalue weighted by Crippen LogP contribution is 2.35. The van der Waals surface area contributed by atoms with E-state index < -0.39 is 12.1 Å². The van der Waals surface area contributed by atoms with Gasteiger partial charge >= 0.3 is 6.03 Å². The van der Waals surface area contributed by atoms with Crippen molar-refractivity contribution in [3.05, 3.63) is 95.2 Å². The number of ether oxygens (including phenoxy) is 3. The van der Waals surface area contributed by atoms with E-state index in [2.05, 4.69) is 16.0 Å². The van der Waals surface area contributed by atoms with Crippen molar-refractivity contribution < 1.29 is 23.8 Å². The van der Waals surface area contributed by atoms with Gasteiger partial charge in [0.25, 0.3) is 5.91 Å². The van der Waals surface area contributed by atoms with E-state index in [0.29, 0.717) is 46.4 Å². The summed E-state index contributed by atoms with van der Waals surface area (Å²) in [6.45, 7) is 2.08. The second kappa shape index (κ2) is 10.6. The molecule has 3 amide bonds. The van der Waals surface area contributed by atoms with Gasteiger partial charge in [0, 0.05) is 11.4 Å². The summed E-state index contributed by atoms with van der Waals surface area (Å²) in [4.78, 5) is 25.5. The second-order valence-corrected chi connectivity index (χ2v) is 7.94. The molecule has 0 saturated heterocycles. The quantitative estimate of drug-likeness (QED) is 0.446. The van der Waals surface area contributed by atoms with Gasteiger partial charge in [-0.15, -0.1) is 0 Å². The summed E-state index contributed by atoms with van der Waals surface area (Å²) < 4.78 is 16.7. The summed E-state index contributed by atoms with van der Waals surface area (Å²) >= 11 is 0. The minimum Gasteiger partial charge on any atom is -0.497 e. The number of hydrogen-bond acceptors (Lipinski definition) is 5. The minimum absolute atomic E-state index is 0.339. The Balaban J connectivity index is 1.58. The summed E-state index contributed by atoms with van der Waals surface area (Å²) in [5.41, 5.74) is 3.17. The third kappa shape index (κ3) is 5.55. The number of rotatable bonds is 8. The zero-order valence-corrected chi connectivity index (χ0v) is 19.8. The van der Waals surface area contributed by atoms with Crippen LogP contribution in [-0.4, -0.2) is 26.2 Å². The van der Waals surface area contributed by atoms with Crippen molar-refractivity contribution in [3.8, 4) is 17.2 Å². The van der Waals surface area contributed by atoms with Crippen molar-refractivity contribution in [2.24, 2.45) is 0 Å². The maximum absolute atomic E-state index is 13.3. The number of anilines is 1. The van der Waals surface area contributed by atoms with Crippen LogP contribution in [0.25, 0.3) is 0 Å². The van der Waals surface area contributed by atoms with Crippen LogP contribution in [0, 0.1) is 0 Å². The van der Waals surface area contributed by atoms with Gasteiger partial charge in [0.05, 0.1) is 25.8 Å². The predicted octanol–water partition coefficient (Wildman–Crippen LogP) is 4.55. The third-order valence-corrected chi connectivity index (χ3v) is 5.62. The summed E-state index contributed by atoms with van der Waals surface area (Å²) in [6.07, 6.45) is 0. The fourth-order valence-corrected chi connectivity index (χ4v) is 3.84. The lowest BCUT2D eigenvalue weighted by Gasteiger charge is -2.29. The zero-order valence-electron chi connectivity index (χ0n) is 19.8. The molecule has 1 aliphatic rings. The van der Waals surface area contributed by atoms with Crippen LogP contribution >= 0.6 is 0 Å². The van der Waals surface area contributed by atoms with Gasteiger partial charge in [0.2, 0.25) is 0 Å². The Hall–Kier alpha value is -4.46. The van der Waals surface area contributed by atoms with Crippen molar-refractivity contribution in [2.45, 2.75) is 19.6 Å². The topological polar surface area (TPSA) is 97.9 Å². The fourth-order valence-electron chi connectivity index (χ4n) is 3.84. The molecular weight excluding hydrogens is 446 g/mol. The molecule has 0 spiro atoms. The zero-order chi connectivity index (χ0) is 24.8. The lowest BCUT2D eigenvalue weighted by Crippen LogP contribution is -2.45. The molecule has 3 aromatic rings. The summed E-state index contributed by atoms with van der Waals surface area (Å²) in [6, 6.07) is 21.1. The van der Waals surface area contributed by atoms with Gasteiger partial charge < -0.3 is 30.2 Å². The molecule has 0 bridgehead atoms. The Morgan fingerprint density at radius 3 is 2.37 bits per heavy atom. The maximum atomic E-state index is 13.3. The van der Waals surface area contributed by atoms with Crippen LogP contribution in [0.2, 0.25) is 0 Å². The molecule has 180 valence electrons. The average molecular weight is 474 g/mol. The summed E-state index contributed by atoms with van der Waals surface area (Å²) in [5.74, 6) is 1.40. The van der Waals surface area contributed by atoms with Gasteiger partial charge in [-0.3, -0.25) is 4.79 Å². The first-order chi connectivity index (χ1) is 17.0. The fraction of sp³-hybridized carbons (Fsp3) is 0.185. The molecule has 3 N–H and O–H groups in total. The van der Waals surface area contributed by atoms with E-state index in [-0.39, 0.29) is 5.91 Å². The Kier molecular flexibility index (Phi) is 7.21. The van der Waals surface area contributed by atoms with E-state index in [1.165, 1.54) is 0 Å². The Morgan fingerprint density at radius 1 is 0.943 bits per heavy atom. The number of hydrogen-bond donors (Lipinski definition) is 3. The molecule has 3 aromatic carbocycles. The number of amides is 3. The normalized spacial score (nSPS) is 15.1. The van der Waals surface area contributed by atoms with Crippen LogP contribution in [0.5, 0.6) is 17.2 Å². The Bertz CT molecular complexity index is 1240. The molecule has 0 unspecified atom stereocenters. The lowest BCUT2D eigenvalue weighted by atomic mass is 9.94. The molecule has 8 heteroatoms. The molecule has 0 aromatic heterocycles. The van der Waals surface area contributed by atoms with Gasteiger partial charge in [-0.2, -0.15) is 0 Å². The van der Waals surface area contributed by atoms with Gasteiger partial charge in [-0.25, -0.2) is 4.79 Å². The number of benzene rings is 3. The van der Waals surface area contributed by atoms with E-state index in [4.69, 9.17) is 14.2 Å². The maximum Gasteiger partial charge on any atom is 0.319 e. The molecule has 0 fully saturated rings. The van der Waals surface area contributed by atoms with Gasteiger partial charge in [0.1, 0.15) is 12.4 Å². The number of methoxy groups -OCH3 is 2. The molecule has 4 rings (SSSR count).